The van der Waals surface area contributed by atoms with E-state index in [2.05, 4.69) is 17.6 Å². The number of urea groups is 1. The molecule has 2 aromatic rings. The Hall–Kier alpha value is -2.93. The number of ether oxygens (including phenoxy) is 2. The minimum absolute atomic E-state index is 0.334. The van der Waals surface area contributed by atoms with Crippen molar-refractivity contribution in [2.24, 2.45) is 0 Å². The summed E-state index contributed by atoms with van der Waals surface area (Å²) in [6.45, 7) is 4.57. The fourth-order valence-electron chi connectivity index (χ4n) is 3.13. The molecule has 0 bridgehead atoms. The van der Waals surface area contributed by atoms with Crippen LogP contribution in [0.15, 0.2) is 65.9 Å². The van der Waals surface area contributed by atoms with Crippen LogP contribution in [0.4, 0.5) is 4.79 Å². The quantitative estimate of drug-likeness (QED) is 0.464. The van der Waals surface area contributed by atoms with Crippen LogP contribution < -0.4 is 15.4 Å². The van der Waals surface area contributed by atoms with Gasteiger partial charge in [0.25, 0.3) is 0 Å². The van der Waals surface area contributed by atoms with E-state index < -0.39 is 12.0 Å². The number of carbonyl (C=O) groups excluding carboxylic acids is 2. The molecule has 0 fully saturated rings. The molecule has 6 nitrogen and oxygen atoms in total. The summed E-state index contributed by atoms with van der Waals surface area (Å²) >= 11 is 1.71. The van der Waals surface area contributed by atoms with Gasteiger partial charge in [0.15, 0.2) is 0 Å². The number of esters is 1. The molecule has 0 spiro atoms. The van der Waals surface area contributed by atoms with Crippen LogP contribution in [0.3, 0.4) is 0 Å². The Labute approximate surface area is 181 Å². The second-order valence-corrected chi connectivity index (χ2v) is 8.14. The SMILES string of the molecule is CCSCCOC(=O)C1=C(C)NC(=O)N[C@@H]1c1ccc(OCc2ccccc2)cc1. The summed E-state index contributed by atoms with van der Waals surface area (Å²) in [4.78, 5) is 24.7. The second kappa shape index (κ2) is 10.7. The number of thioether (sulfide) groups is 1. The maximum absolute atomic E-state index is 12.7. The molecule has 7 heteroatoms. The molecule has 3 rings (SSSR count). The molecular formula is C23H26N2O4S. The first-order valence-electron chi connectivity index (χ1n) is 9.88. The number of rotatable bonds is 9. The van der Waals surface area contributed by atoms with Crippen LogP contribution in [0.5, 0.6) is 5.75 Å². The van der Waals surface area contributed by atoms with Gasteiger partial charge in [-0.15, -0.1) is 0 Å². The van der Waals surface area contributed by atoms with Gasteiger partial charge in [0.05, 0.1) is 11.6 Å². The Kier molecular flexibility index (Phi) is 7.79. The first kappa shape index (κ1) is 21.8. The Morgan fingerprint density at radius 3 is 2.53 bits per heavy atom. The first-order valence-corrected chi connectivity index (χ1v) is 11.0. The van der Waals surface area contributed by atoms with E-state index >= 15 is 0 Å². The third-order valence-corrected chi connectivity index (χ3v) is 5.48. The van der Waals surface area contributed by atoms with Crippen molar-refractivity contribution in [3.63, 3.8) is 0 Å². The molecule has 1 aliphatic heterocycles. The van der Waals surface area contributed by atoms with Crippen molar-refractivity contribution in [1.29, 1.82) is 0 Å². The minimum atomic E-state index is -0.576. The summed E-state index contributed by atoms with van der Waals surface area (Å²) in [5.74, 6) is 2.00. The summed E-state index contributed by atoms with van der Waals surface area (Å²) in [5.41, 5.74) is 2.78. The zero-order chi connectivity index (χ0) is 21.3. The molecule has 0 aromatic heterocycles. The van der Waals surface area contributed by atoms with Crippen LogP contribution >= 0.6 is 11.8 Å². The van der Waals surface area contributed by atoms with Gasteiger partial charge in [-0.05, 0) is 35.9 Å². The number of benzene rings is 2. The standard InChI is InChI=1S/C23H26N2O4S/c1-3-30-14-13-28-22(26)20-16(2)24-23(27)25-21(20)18-9-11-19(12-10-18)29-15-17-7-5-4-6-8-17/h4-12,21H,3,13-15H2,1-2H3,(H2,24,25,27)/t21-/m1/s1. The van der Waals surface area contributed by atoms with Crippen molar-refractivity contribution in [1.82, 2.24) is 10.6 Å². The van der Waals surface area contributed by atoms with Gasteiger partial charge in [0, 0.05) is 11.4 Å². The van der Waals surface area contributed by atoms with E-state index in [1.54, 1.807) is 18.7 Å². The van der Waals surface area contributed by atoms with Crippen molar-refractivity contribution in [3.8, 4) is 5.75 Å². The smallest absolute Gasteiger partial charge is 0.338 e. The largest absolute Gasteiger partial charge is 0.489 e. The van der Waals surface area contributed by atoms with E-state index in [4.69, 9.17) is 9.47 Å². The molecule has 2 aromatic carbocycles. The molecule has 30 heavy (non-hydrogen) atoms. The lowest BCUT2D eigenvalue weighted by Gasteiger charge is -2.28. The summed E-state index contributed by atoms with van der Waals surface area (Å²) in [6.07, 6.45) is 0. The number of nitrogens with one attached hydrogen (secondary N) is 2. The summed E-state index contributed by atoms with van der Waals surface area (Å²) in [6, 6.07) is 16.4. The molecule has 158 valence electrons. The second-order valence-electron chi connectivity index (χ2n) is 6.75. The Balaban J connectivity index is 1.70. The van der Waals surface area contributed by atoms with Crippen LogP contribution in [-0.4, -0.2) is 30.1 Å². The third kappa shape index (κ3) is 5.79. The van der Waals surface area contributed by atoms with Crippen molar-refractivity contribution in [2.45, 2.75) is 26.5 Å². The zero-order valence-electron chi connectivity index (χ0n) is 17.1. The summed E-state index contributed by atoms with van der Waals surface area (Å²) in [5, 5.41) is 5.48. The zero-order valence-corrected chi connectivity index (χ0v) is 18.0. The number of hydrogen-bond acceptors (Lipinski definition) is 5. The van der Waals surface area contributed by atoms with Crippen LogP contribution in [-0.2, 0) is 16.1 Å². The average Bonchev–Trinajstić information content (AvgIpc) is 2.76. The van der Waals surface area contributed by atoms with Gasteiger partial charge in [0.1, 0.15) is 19.0 Å². The highest BCUT2D eigenvalue weighted by molar-refractivity contribution is 7.99. The molecule has 0 unspecified atom stereocenters. The molecule has 1 aliphatic rings. The summed E-state index contributed by atoms with van der Waals surface area (Å²) in [7, 11) is 0. The molecule has 0 saturated heterocycles. The van der Waals surface area contributed by atoms with Gasteiger partial charge in [-0.2, -0.15) is 11.8 Å². The molecule has 0 aliphatic carbocycles. The van der Waals surface area contributed by atoms with E-state index in [1.165, 1.54) is 0 Å². The van der Waals surface area contributed by atoms with Crippen molar-refractivity contribution in [3.05, 3.63) is 77.0 Å². The maximum Gasteiger partial charge on any atom is 0.338 e. The highest BCUT2D eigenvalue weighted by Crippen LogP contribution is 2.29. The fraction of sp³-hybridized carbons (Fsp3) is 0.304. The van der Waals surface area contributed by atoms with E-state index in [9.17, 15) is 9.59 Å². The van der Waals surface area contributed by atoms with E-state index in [-0.39, 0.29) is 6.03 Å². The average molecular weight is 427 g/mol. The Morgan fingerprint density at radius 2 is 1.83 bits per heavy atom. The van der Waals surface area contributed by atoms with Gasteiger partial charge >= 0.3 is 12.0 Å². The normalized spacial score (nSPS) is 15.9. The first-order chi connectivity index (χ1) is 14.6. The minimum Gasteiger partial charge on any atom is -0.489 e. The van der Waals surface area contributed by atoms with E-state index in [0.717, 1.165) is 22.6 Å². The number of amides is 2. The van der Waals surface area contributed by atoms with Crippen molar-refractivity contribution in [2.75, 3.05) is 18.1 Å². The summed E-state index contributed by atoms with van der Waals surface area (Å²) < 4.78 is 11.2. The maximum atomic E-state index is 12.7. The van der Waals surface area contributed by atoms with E-state index in [0.29, 0.717) is 30.2 Å². The van der Waals surface area contributed by atoms with Gasteiger partial charge < -0.3 is 20.1 Å². The lowest BCUT2D eigenvalue weighted by Crippen LogP contribution is -2.45. The topological polar surface area (TPSA) is 76.7 Å². The third-order valence-electron chi connectivity index (χ3n) is 4.62. The fourth-order valence-corrected chi connectivity index (χ4v) is 3.62. The van der Waals surface area contributed by atoms with Crippen molar-refractivity contribution >= 4 is 23.8 Å². The molecule has 0 radical (unpaired) electrons. The van der Waals surface area contributed by atoms with Crippen LogP contribution in [0, 0.1) is 0 Å². The van der Waals surface area contributed by atoms with Crippen LogP contribution in [0.25, 0.3) is 0 Å². The van der Waals surface area contributed by atoms with Crippen LogP contribution in [0.2, 0.25) is 0 Å². The molecule has 2 N–H and O–H groups in total. The molecular weight excluding hydrogens is 400 g/mol. The van der Waals surface area contributed by atoms with Crippen LogP contribution in [0.1, 0.15) is 31.0 Å². The molecule has 1 atom stereocenters. The molecule has 1 heterocycles. The number of carbonyl (C=O) groups is 2. The van der Waals surface area contributed by atoms with Gasteiger partial charge in [0.2, 0.25) is 0 Å². The highest BCUT2D eigenvalue weighted by Gasteiger charge is 2.32. The molecule has 0 saturated carbocycles. The van der Waals surface area contributed by atoms with Gasteiger partial charge in [-0.25, -0.2) is 9.59 Å². The number of allylic oxidation sites excluding steroid dienone is 1. The predicted molar refractivity (Wildman–Crippen MR) is 118 cm³/mol. The van der Waals surface area contributed by atoms with Gasteiger partial charge in [-0.1, -0.05) is 49.4 Å². The molecule has 2 amide bonds. The predicted octanol–water partition coefficient (Wildman–Crippen LogP) is 4.19. The highest BCUT2D eigenvalue weighted by atomic mass is 32.2. The number of hydrogen-bond donors (Lipinski definition) is 2. The van der Waals surface area contributed by atoms with E-state index in [1.807, 2.05) is 54.6 Å². The van der Waals surface area contributed by atoms with Gasteiger partial charge in [-0.3, -0.25) is 0 Å². The lowest BCUT2D eigenvalue weighted by atomic mass is 9.95. The monoisotopic (exact) mass is 426 g/mol. The Morgan fingerprint density at radius 1 is 1.10 bits per heavy atom. The lowest BCUT2D eigenvalue weighted by molar-refractivity contribution is -0.138. The van der Waals surface area contributed by atoms with Crippen molar-refractivity contribution < 1.29 is 19.1 Å². The Bertz CT molecular complexity index is 897.